The monoisotopic (exact) mass is 361 g/mol. The summed E-state index contributed by atoms with van der Waals surface area (Å²) in [4.78, 5) is 24.0. The van der Waals surface area contributed by atoms with E-state index in [-0.39, 0.29) is 17.4 Å². The third-order valence-corrected chi connectivity index (χ3v) is 4.07. The van der Waals surface area contributed by atoms with Crippen molar-refractivity contribution in [2.24, 2.45) is 0 Å². The molecule has 0 fully saturated rings. The summed E-state index contributed by atoms with van der Waals surface area (Å²) >= 11 is 6.02. The molecular weight excluding hydrogens is 346 g/mol. The Bertz CT molecular complexity index is 850. The van der Waals surface area contributed by atoms with Crippen LogP contribution in [0.5, 0.6) is 11.5 Å². The number of nitrogens with one attached hydrogen (secondary N) is 1. The maximum absolute atomic E-state index is 12.1. The van der Waals surface area contributed by atoms with E-state index in [1.165, 1.54) is 12.1 Å². The number of esters is 1. The first-order valence-corrected chi connectivity index (χ1v) is 7.95. The van der Waals surface area contributed by atoms with Crippen LogP contribution in [0.3, 0.4) is 0 Å². The summed E-state index contributed by atoms with van der Waals surface area (Å²) in [5.41, 5.74) is 3.03. The first-order chi connectivity index (χ1) is 11.9. The number of fused-ring (bicyclic) bond motifs is 1. The fourth-order valence-corrected chi connectivity index (χ4v) is 2.58. The molecule has 6 nitrogen and oxygen atoms in total. The van der Waals surface area contributed by atoms with E-state index in [1.54, 1.807) is 6.07 Å². The van der Waals surface area contributed by atoms with E-state index in [9.17, 15) is 9.59 Å². The van der Waals surface area contributed by atoms with Crippen molar-refractivity contribution in [1.29, 1.82) is 0 Å². The minimum atomic E-state index is -0.671. The molecule has 0 saturated heterocycles. The highest BCUT2D eigenvalue weighted by Crippen LogP contribution is 2.39. The summed E-state index contributed by atoms with van der Waals surface area (Å²) in [6.07, 6.45) is 0. The minimum absolute atomic E-state index is 0.0475. The lowest BCUT2D eigenvalue weighted by Crippen LogP contribution is -2.21. The van der Waals surface area contributed by atoms with Crippen LogP contribution in [-0.2, 0) is 9.53 Å². The molecule has 1 amide bonds. The van der Waals surface area contributed by atoms with Crippen molar-refractivity contribution < 1.29 is 23.8 Å². The van der Waals surface area contributed by atoms with Gasteiger partial charge in [0.25, 0.3) is 5.91 Å². The molecule has 0 radical (unpaired) electrons. The standard InChI is InChI=1S/C18H16ClNO5/c1-10-3-4-13(5-11(10)2)20-16(21)8-23-18(22)12-6-14(19)17-15(7-12)24-9-25-17/h3-7H,8-9H2,1-2H3,(H,20,21). The molecule has 0 saturated carbocycles. The predicted molar refractivity (Wildman–Crippen MR) is 92.4 cm³/mol. The van der Waals surface area contributed by atoms with Gasteiger partial charge >= 0.3 is 5.97 Å². The number of carbonyl (C=O) groups is 2. The Kier molecular flexibility index (Phi) is 4.81. The van der Waals surface area contributed by atoms with E-state index in [4.69, 9.17) is 25.8 Å². The lowest BCUT2D eigenvalue weighted by molar-refractivity contribution is -0.119. The van der Waals surface area contributed by atoms with Crippen LogP contribution in [0, 0.1) is 13.8 Å². The van der Waals surface area contributed by atoms with Crippen molar-refractivity contribution in [3.05, 3.63) is 52.0 Å². The largest absolute Gasteiger partial charge is 0.454 e. The molecule has 1 aliphatic heterocycles. The molecule has 0 bridgehead atoms. The smallest absolute Gasteiger partial charge is 0.338 e. The average Bonchev–Trinajstić information content (AvgIpc) is 3.05. The third kappa shape index (κ3) is 3.85. The van der Waals surface area contributed by atoms with Crippen LogP contribution in [0.4, 0.5) is 5.69 Å². The van der Waals surface area contributed by atoms with E-state index >= 15 is 0 Å². The summed E-state index contributed by atoms with van der Waals surface area (Å²) in [5, 5.41) is 2.93. The van der Waals surface area contributed by atoms with Gasteiger partial charge in [0.15, 0.2) is 18.1 Å². The molecule has 2 aromatic carbocycles. The number of benzene rings is 2. The lowest BCUT2D eigenvalue weighted by atomic mass is 10.1. The first kappa shape index (κ1) is 17.1. The predicted octanol–water partition coefficient (Wildman–Crippen LogP) is 3.48. The van der Waals surface area contributed by atoms with Gasteiger partial charge in [0.1, 0.15) is 0 Å². The van der Waals surface area contributed by atoms with Gasteiger partial charge in [0.05, 0.1) is 10.6 Å². The second-order valence-electron chi connectivity index (χ2n) is 5.62. The van der Waals surface area contributed by atoms with Crippen LogP contribution >= 0.6 is 11.6 Å². The van der Waals surface area contributed by atoms with Gasteiger partial charge in [0, 0.05) is 5.69 Å². The molecular formula is C18H16ClNO5. The van der Waals surface area contributed by atoms with Crippen LogP contribution in [0.25, 0.3) is 0 Å². The van der Waals surface area contributed by atoms with Crippen molar-refractivity contribution in [2.45, 2.75) is 13.8 Å². The number of amides is 1. The maximum Gasteiger partial charge on any atom is 0.338 e. The average molecular weight is 362 g/mol. The van der Waals surface area contributed by atoms with Gasteiger partial charge < -0.3 is 19.5 Å². The molecule has 0 unspecified atom stereocenters. The van der Waals surface area contributed by atoms with E-state index in [0.29, 0.717) is 17.2 Å². The quantitative estimate of drug-likeness (QED) is 0.844. The van der Waals surface area contributed by atoms with E-state index in [0.717, 1.165) is 11.1 Å². The molecule has 25 heavy (non-hydrogen) atoms. The SMILES string of the molecule is Cc1ccc(NC(=O)COC(=O)c2cc(Cl)c3c(c2)OCO3)cc1C. The van der Waals surface area contributed by atoms with Gasteiger partial charge in [-0.3, -0.25) is 4.79 Å². The van der Waals surface area contributed by atoms with Crippen molar-refractivity contribution in [3.8, 4) is 11.5 Å². The van der Waals surface area contributed by atoms with Gasteiger partial charge in [0.2, 0.25) is 6.79 Å². The Hall–Kier alpha value is -2.73. The lowest BCUT2D eigenvalue weighted by Gasteiger charge is -2.09. The highest BCUT2D eigenvalue weighted by atomic mass is 35.5. The fraction of sp³-hybridized carbons (Fsp3) is 0.222. The van der Waals surface area contributed by atoms with Crippen molar-refractivity contribution in [1.82, 2.24) is 0 Å². The molecule has 1 N–H and O–H groups in total. The molecule has 0 atom stereocenters. The highest BCUT2D eigenvalue weighted by molar-refractivity contribution is 6.32. The maximum atomic E-state index is 12.1. The summed E-state index contributed by atoms with van der Waals surface area (Å²) in [7, 11) is 0. The molecule has 1 aliphatic rings. The van der Waals surface area contributed by atoms with Gasteiger partial charge in [-0.15, -0.1) is 0 Å². The van der Waals surface area contributed by atoms with E-state index in [2.05, 4.69) is 5.32 Å². The summed E-state index contributed by atoms with van der Waals surface area (Å²) in [5.74, 6) is -0.330. The van der Waals surface area contributed by atoms with Crippen LogP contribution in [-0.4, -0.2) is 25.3 Å². The first-order valence-electron chi connectivity index (χ1n) is 7.57. The van der Waals surface area contributed by atoms with Gasteiger partial charge in [-0.25, -0.2) is 4.79 Å². The van der Waals surface area contributed by atoms with Crippen molar-refractivity contribution in [3.63, 3.8) is 0 Å². The third-order valence-electron chi connectivity index (χ3n) is 3.79. The van der Waals surface area contributed by atoms with E-state index in [1.807, 2.05) is 26.0 Å². The van der Waals surface area contributed by atoms with Crippen LogP contribution < -0.4 is 14.8 Å². The zero-order chi connectivity index (χ0) is 18.0. The van der Waals surface area contributed by atoms with Crippen molar-refractivity contribution >= 4 is 29.2 Å². The molecule has 1 heterocycles. The molecule has 3 rings (SSSR count). The summed E-state index contributed by atoms with van der Waals surface area (Å²) in [6, 6.07) is 8.44. The number of rotatable bonds is 4. The number of aryl methyl sites for hydroxylation is 2. The van der Waals surface area contributed by atoms with Crippen molar-refractivity contribution in [2.75, 3.05) is 18.7 Å². The number of anilines is 1. The number of hydrogen-bond donors (Lipinski definition) is 1. The molecule has 0 aromatic heterocycles. The topological polar surface area (TPSA) is 73.9 Å². The second kappa shape index (κ2) is 7.03. The van der Waals surface area contributed by atoms with Crippen LogP contribution in [0.15, 0.2) is 30.3 Å². The van der Waals surface area contributed by atoms with Crippen LogP contribution in [0.1, 0.15) is 21.5 Å². The minimum Gasteiger partial charge on any atom is -0.454 e. The molecule has 2 aromatic rings. The summed E-state index contributed by atoms with van der Waals surface area (Å²) in [6.45, 7) is 3.58. The Labute approximate surface area is 149 Å². The second-order valence-corrected chi connectivity index (χ2v) is 6.02. The Morgan fingerprint density at radius 3 is 2.72 bits per heavy atom. The molecule has 7 heteroatoms. The fourth-order valence-electron chi connectivity index (χ4n) is 2.32. The number of halogens is 1. The number of ether oxygens (including phenoxy) is 3. The zero-order valence-electron chi connectivity index (χ0n) is 13.7. The van der Waals surface area contributed by atoms with Crippen LogP contribution in [0.2, 0.25) is 5.02 Å². The Morgan fingerprint density at radius 1 is 1.16 bits per heavy atom. The molecule has 0 aliphatic carbocycles. The summed E-state index contributed by atoms with van der Waals surface area (Å²) < 4.78 is 15.4. The Balaban J connectivity index is 1.59. The van der Waals surface area contributed by atoms with Gasteiger partial charge in [-0.2, -0.15) is 0 Å². The normalized spacial score (nSPS) is 12.0. The molecule has 130 valence electrons. The highest BCUT2D eigenvalue weighted by Gasteiger charge is 2.21. The van der Waals surface area contributed by atoms with Gasteiger partial charge in [-0.05, 0) is 49.2 Å². The van der Waals surface area contributed by atoms with E-state index < -0.39 is 18.5 Å². The number of hydrogen-bond acceptors (Lipinski definition) is 5. The molecule has 0 spiro atoms. The number of carbonyl (C=O) groups excluding carboxylic acids is 2. The van der Waals surface area contributed by atoms with Gasteiger partial charge in [-0.1, -0.05) is 17.7 Å². The zero-order valence-corrected chi connectivity index (χ0v) is 14.5. The Morgan fingerprint density at radius 2 is 1.96 bits per heavy atom.